The highest BCUT2D eigenvalue weighted by Crippen LogP contribution is 2.19. The standard InChI is InChI=1S/C14H26N4O/c1-5-19-14-9-13(16-12(4)17-14)18(8-6-7-15)10-11(2)3/h9,11H,5-8,10,15H2,1-4H3. The molecule has 5 nitrogen and oxygen atoms in total. The fourth-order valence-corrected chi connectivity index (χ4v) is 1.93. The first-order chi connectivity index (χ1) is 9.06. The lowest BCUT2D eigenvalue weighted by atomic mass is 10.2. The van der Waals surface area contributed by atoms with Gasteiger partial charge in [-0.15, -0.1) is 0 Å². The summed E-state index contributed by atoms with van der Waals surface area (Å²) < 4.78 is 5.48. The highest BCUT2D eigenvalue weighted by Gasteiger charge is 2.12. The van der Waals surface area contributed by atoms with Crippen LogP contribution in [0.25, 0.3) is 0 Å². The molecule has 5 heteroatoms. The van der Waals surface area contributed by atoms with E-state index in [0.717, 1.165) is 31.2 Å². The molecule has 19 heavy (non-hydrogen) atoms. The molecule has 1 rings (SSSR count). The summed E-state index contributed by atoms with van der Waals surface area (Å²) in [5, 5.41) is 0. The quantitative estimate of drug-likeness (QED) is 0.779. The number of nitrogens with two attached hydrogens (primary N) is 1. The van der Waals surface area contributed by atoms with Crippen molar-refractivity contribution in [3.63, 3.8) is 0 Å². The average Bonchev–Trinajstić information content (AvgIpc) is 2.33. The third kappa shape index (κ3) is 5.42. The lowest BCUT2D eigenvalue weighted by Crippen LogP contribution is -2.31. The van der Waals surface area contributed by atoms with Crippen LogP contribution in [0, 0.1) is 12.8 Å². The molecule has 0 atom stereocenters. The highest BCUT2D eigenvalue weighted by atomic mass is 16.5. The van der Waals surface area contributed by atoms with Crippen LogP contribution in [0.4, 0.5) is 5.82 Å². The number of rotatable bonds is 8. The molecule has 0 aromatic carbocycles. The second-order valence-electron chi connectivity index (χ2n) is 5.03. The number of ether oxygens (including phenoxy) is 1. The van der Waals surface area contributed by atoms with Gasteiger partial charge in [-0.05, 0) is 32.7 Å². The van der Waals surface area contributed by atoms with E-state index in [-0.39, 0.29) is 0 Å². The zero-order valence-electron chi connectivity index (χ0n) is 12.5. The molecule has 0 aliphatic rings. The lowest BCUT2D eigenvalue weighted by Gasteiger charge is -2.26. The first-order valence-corrected chi connectivity index (χ1v) is 7.00. The fraction of sp³-hybridized carbons (Fsp3) is 0.714. The van der Waals surface area contributed by atoms with E-state index in [2.05, 4.69) is 28.7 Å². The van der Waals surface area contributed by atoms with E-state index in [0.29, 0.717) is 24.9 Å². The number of aryl methyl sites for hydroxylation is 1. The summed E-state index contributed by atoms with van der Waals surface area (Å²) in [7, 11) is 0. The van der Waals surface area contributed by atoms with Gasteiger partial charge in [-0.2, -0.15) is 4.98 Å². The Labute approximate surface area is 116 Å². The highest BCUT2D eigenvalue weighted by molar-refractivity contribution is 5.41. The van der Waals surface area contributed by atoms with Crippen molar-refractivity contribution < 1.29 is 4.74 Å². The molecule has 0 spiro atoms. The van der Waals surface area contributed by atoms with Gasteiger partial charge in [-0.25, -0.2) is 4.98 Å². The van der Waals surface area contributed by atoms with Gasteiger partial charge in [0.1, 0.15) is 11.6 Å². The Morgan fingerprint density at radius 1 is 1.37 bits per heavy atom. The summed E-state index contributed by atoms with van der Waals surface area (Å²) in [6.45, 7) is 11.4. The van der Waals surface area contributed by atoms with Gasteiger partial charge in [0, 0.05) is 19.2 Å². The Balaban J connectivity index is 2.92. The Morgan fingerprint density at radius 3 is 2.68 bits per heavy atom. The molecule has 0 amide bonds. The van der Waals surface area contributed by atoms with Gasteiger partial charge >= 0.3 is 0 Å². The Kier molecular flexibility index (Phi) is 6.56. The normalized spacial score (nSPS) is 10.8. The van der Waals surface area contributed by atoms with Crippen molar-refractivity contribution in [2.24, 2.45) is 11.7 Å². The second-order valence-corrected chi connectivity index (χ2v) is 5.03. The molecule has 0 unspecified atom stereocenters. The molecule has 2 N–H and O–H groups in total. The summed E-state index contributed by atoms with van der Waals surface area (Å²) in [5.74, 6) is 2.88. The maximum absolute atomic E-state index is 5.61. The van der Waals surface area contributed by atoms with Crippen LogP contribution in [0.15, 0.2) is 6.07 Å². The van der Waals surface area contributed by atoms with E-state index >= 15 is 0 Å². The maximum Gasteiger partial charge on any atom is 0.218 e. The SMILES string of the molecule is CCOc1cc(N(CCCN)CC(C)C)nc(C)n1. The monoisotopic (exact) mass is 266 g/mol. The molecule has 0 fully saturated rings. The minimum Gasteiger partial charge on any atom is -0.478 e. The number of nitrogens with zero attached hydrogens (tertiary/aromatic N) is 3. The Bertz CT molecular complexity index is 382. The molecule has 0 aliphatic carbocycles. The van der Waals surface area contributed by atoms with Crippen LogP contribution in [0.5, 0.6) is 5.88 Å². The van der Waals surface area contributed by atoms with Gasteiger partial charge in [0.2, 0.25) is 5.88 Å². The summed E-state index contributed by atoms with van der Waals surface area (Å²) in [6, 6.07) is 1.91. The number of hydrogen-bond acceptors (Lipinski definition) is 5. The Hall–Kier alpha value is -1.36. The number of anilines is 1. The van der Waals surface area contributed by atoms with E-state index in [4.69, 9.17) is 10.5 Å². The summed E-state index contributed by atoms with van der Waals surface area (Å²) >= 11 is 0. The largest absolute Gasteiger partial charge is 0.478 e. The van der Waals surface area contributed by atoms with E-state index in [1.54, 1.807) is 0 Å². The summed E-state index contributed by atoms with van der Waals surface area (Å²) in [6.07, 6.45) is 0.958. The molecule has 0 saturated carbocycles. The molecule has 0 bridgehead atoms. The van der Waals surface area contributed by atoms with E-state index < -0.39 is 0 Å². The molecule has 0 aliphatic heterocycles. The van der Waals surface area contributed by atoms with Crippen LogP contribution >= 0.6 is 0 Å². The summed E-state index contributed by atoms with van der Waals surface area (Å²) in [5.41, 5.74) is 5.61. The number of hydrogen-bond donors (Lipinski definition) is 1. The van der Waals surface area contributed by atoms with Crippen LogP contribution in [0.2, 0.25) is 0 Å². The molecule has 1 aromatic rings. The molecule has 0 saturated heterocycles. The Morgan fingerprint density at radius 2 is 2.11 bits per heavy atom. The first kappa shape index (κ1) is 15.7. The molecule has 1 heterocycles. The minimum absolute atomic E-state index is 0.573. The van der Waals surface area contributed by atoms with Crippen molar-refractivity contribution in [1.82, 2.24) is 9.97 Å². The zero-order valence-corrected chi connectivity index (χ0v) is 12.5. The van der Waals surface area contributed by atoms with Crippen LogP contribution in [-0.2, 0) is 0 Å². The van der Waals surface area contributed by atoms with Crippen molar-refractivity contribution in [2.75, 3.05) is 31.1 Å². The minimum atomic E-state index is 0.573. The molecule has 0 radical (unpaired) electrons. The topological polar surface area (TPSA) is 64.3 Å². The van der Waals surface area contributed by atoms with Gasteiger partial charge in [0.25, 0.3) is 0 Å². The van der Waals surface area contributed by atoms with Gasteiger partial charge in [0.05, 0.1) is 6.61 Å². The van der Waals surface area contributed by atoms with Crippen LogP contribution in [0.3, 0.4) is 0 Å². The predicted molar refractivity (Wildman–Crippen MR) is 78.7 cm³/mol. The molecule has 108 valence electrons. The van der Waals surface area contributed by atoms with Gasteiger partial charge in [-0.3, -0.25) is 0 Å². The van der Waals surface area contributed by atoms with Crippen molar-refractivity contribution in [1.29, 1.82) is 0 Å². The van der Waals surface area contributed by atoms with Crippen molar-refractivity contribution in [3.8, 4) is 5.88 Å². The van der Waals surface area contributed by atoms with Crippen LogP contribution in [-0.4, -0.2) is 36.2 Å². The van der Waals surface area contributed by atoms with E-state index in [1.807, 2.05) is 19.9 Å². The fourth-order valence-electron chi connectivity index (χ4n) is 1.93. The molecular weight excluding hydrogens is 240 g/mol. The predicted octanol–water partition coefficient (Wildman–Crippen LogP) is 1.99. The summed E-state index contributed by atoms with van der Waals surface area (Å²) in [4.78, 5) is 11.1. The third-order valence-corrected chi connectivity index (χ3v) is 2.63. The molecular formula is C14H26N4O. The van der Waals surface area contributed by atoms with Gasteiger partial charge in [0.15, 0.2) is 0 Å². The maximum atomic E-state index is 5.61. The average molecular weight is 266 g/mol. The van der Waals surface area contributed by atoms with E-state index in [1.165, 1.54) is 0 Å². The zero-order chi connectivity index (χ0) is 14.3. The third-order valence-electron chi connectivity index (χ3n) is 2.63. The van der Waals surface area contributed by atoms with Gasteiger partial charge < -0.3 is 15.4 Å². The van der Waals surface area contributed by atoms with E-state index in [9.17, 15) is 0 Å². The van der Waals surface area contributed by atoms with Crippen LogP contribution < -0.4 is 15.4 Å². The second kappa shape index (κ2) is 7.94. The smallest absolute Gasteiger partial charge is 0.218 e. The van der Waals surface area contributed by atoms with Crippen LogP contribution in [0.1, 0.15) is 33.0 Å². The molecule has 1 aromatic heterocycles. The van der Waals surface area contributed by atoms with Crippen molar-refractivity contribution >= 4 is 5.82 Å². The van der Waals surface area contributed by atoms with Gasteiger partial charge in [-0.1, -0.05) is 13.8 Å². The number of aromatic nitrogens is 2. The van der Waals surface area contributed by atoms with Crippen molar-refractivity contribution in [2.45, 2.75) is 34.1 Å². The van der Waals surface area contributed by atoms with Crippen molar-refractivity contribution in [3.05, 3.63) is 11.9 Å². The lowest BCUT2D eigenvalue weighted by molar-refractivity contribution is 0.325. The first-order valence-electron chi connectivity index (χ1n) is 7.00.